The van der Waals surface area contributed by atoms with Crippen molar-refractivity contribution in [2.45, 2.75) is 12.8 Å². The van der Waals surface area contributed by atoms with Gasteiger partial charge in [0, 0.05) is 20.1 Å². The number of methoxy groups -OCH3 is 1. The fourth-order valence-corrected chi connectivity index (χ4v) is 0.421. The zero-order chi connectivity index (χ0) is 6.41. The fourth-order valence-electron chi connectivity index (χ4n) is 0.421. The van der Waals surface area contributed by atoms with Crippen molar-refractivity contribution in [1.82, 2.24) is 0 Å². The molecule has 0 unspecified atom stereocenters. The lowest BCUT2D eigenvalue weighted by molar-refractivity contribution is 0.191. The van der Waals surface area contributed by atoms with Crippen LogP contribution in [-0.4, -0.2) is 18.8 Å². The van der Waals surface area contributed by atoms with Gasteiger partial charge in [0.15, 0.2) is 0 Å². The lowest BCUT2D eigenvalue weighted by Crippen LogP contribution is -1.88. The summed E-state index contributed by atoms with van der Waals surface area (Å²) in [6.45, 7) is 4.02. The van der Waals surface area contributed by atoms with Gasteiger partial charge in [0.2, 0.25) is 0 Å². The Kier molecular flexibility index (Phi) is 4.36. The van der Waals surface area contributed by atoms with Gasteiger partial charge in [-0.05, 0) is 6.42 Å². The average Bonchev–Trinajstić information content (AvgIpc) is 1.66. The number of ether oxygens (including phenoxy) is 1. The Morgan fingerprint density at radius 2 is 2.38 bits per heavy atom. The number of hydrogen-bond donors (Lipinski definition) is 1. The van der Waals surface area contributed by atoms with Crippen molar-refractivity contribution in [3.05, 3.63) is 12.3 Å². The van der Waals surface area contributed by atoms with Crippen LogP contribution in [0.25, 0.3) is 0 Å². The summed E-state index contributed by atoms with van der Waals surface area (Å²) in [5.41, 5.74) is 0. The van der Waals surface area contributed by atoms with E-state index >= 15 is 0 Å². The summed E-state index contributed by atoms with van der Waals surface area (Å²) in [4.78, 5) is 0. The second kappa shape index (κ2) is 4.65. The van der Waals surface area contributed by atoms with E-state index < -0.39 is 0 Å². The molecule has 0 spiro atoms. The molecule has 0 saturated heterocycles. The van der Waals surface area contributed by atoms with Gasteiger partial charge in [-0.2, -0.15) is 0 Å². The van der Waals surface area contributed by atoms with Crippen molar-refractivity contribution in [3.8, 4) is 0 Å². The molecule has 48 valence electrons. The molecule has 0 rings (SSSR count). The highest BCUT2D eigenvalue weighted by atomic mass is 16.5. The van der Waals surface area contributed by atoms with Crippen molar-refractivity contribution in [2.75, 3.05) is 13.7 Å². The molecule has 1 N–H and O–H groups in total. The molecule has 0 aromatic rings. The molecule has 0 aliphatic heterocycles. The molecule has 0 aliphatic rings. The second-order valence-corrected chi connectivity index (χ2v) is 1.66. The highest BCUT2D eigenvalue weighted by Gasteiger charge is 1.86. The molecule has 0 fully saturated rings. The molecule has 0 amide bonds. The van der Waals surface area contributed by atoms with Crippen molar-refractivity contribution in [2.24, 2.45) is 0 Å². The third kappa shape index (κ3) is 5.50. The lowest BCUT2D eigenvalue weighted by Gasteiger charge is -1.95. The quantitative estimate of drug-likeness (QED) is 0.445. The summed E-state index contributed by atoms with van der Waals surface area (Å²) in [6, 6.07) is 0. The lowest BCUT2D eigenvalue weighted by atomic mass is 10.3. The van der Waals surface area contributed by atoms with Gasteiger partial charge in [-0.25, -0.2) is 0 Å². The van der Waals surface area contributed by atoms with E-state index in [2.05, 4.69) is 6.58 Å². The maximum atomic E-state index is 8.53. The molecule has 0 radical (unpaired) electrons. The van der Waals surface area contributed by atoms with Crippen LogP contribution >= 0.6 is 0 Å². The highest BCUT2D eigenvalue weighted by Crippen LogP contribution is 1.95. The van der Waals surface area contributed by atoms with Crippen LogP contribution in [0.15, 0.2) is 12.3 Å². The van der Waals surface area contributed by atoms with E-state index in [4.69, 9.17) is 9.84 Å². The van der Waals surface area contributed by atoms with Gasteiger partial charge in [-0.1, -0.05) is 6.58 Å². The molecule has 2 heteroatoms. The molecule has 2 nitrogen and oxygen atoms in total. The Labute approximate surface area is 49.8 Å². The SMILES string of the molecule is C=C(O)CCCOC. The van der Waals surface area contributed by atoms with E-state index in [1.807, 2.05) is 0 Å². The molecule has 0 aromatic heterocycles. The van der Waals surface area contributed by atoms with E-state index in [0.29, 0.717) is 13.0 Å². The predicted molar refractivity (Wildman–Crippen MR) is 32.9 cm³/mol. The summed E-state index contributed by atoms with van der Waals surface area (Å²) in [5, 5.41) is 8.53. The summed E-state index contributed by atoms with van der Waals surface area (Å²) in [6.07, 6.45) is 1.50. The predicted octanol–water partition coefficient (Wildman–Crippen LogP) is 1.48. The Bertz CT molecular complexity index is 68.9. The van der Waals surface area contributed by atoms with Gasteiger partial charge in [0.05, 0.1) is 5.76 Å². The second-order valence-electron chi connectivity index (χ2n) is 1.66. The van der Waals surface area contributed by atoms with E-state index in [9.17, 15) is 0 Å². The van der Waals surface area contributed by atoms with Crippen molar-refractivity contribution in [1.29, 1.82) is 0 Å². The van der Waals surface area contributed by atoms with Crippen LogP contribution < -0.4 is 0 Å². The van der Waals surface area contributed by atoms with Crippen LogP contribution in [0.4, 0.5) is 0 Å². The Morgan fingerprint density at radius 1 is 1.75 bits per heavy atom. The molecular weight excluding hydrogens is 104 g/mol. The summed E-state index contributed by atoms with van der Waals surface area (Å²) in [7, 11) is 1.64. The smallest absolute Gasteiger partial charge is 0.0851 e. The third-order valence-corrected chi connectivity index (χ3v) is 0.814. The number of allylic oxidation sites excluding steroid dienone is 1. The Balaban J connectivity index is 2.82. The topological polar surface area (TPSA) is 29.5 Å². The first kappa shape index (κ1) is 7.50. The van der Waals surface area contributed by atoms with E-state index in [1.165, 1.54) is 0 Å². The van der Waals surface area contributed by atoms with E-state index in [-0.39, 0.29) is 5.76 Å². The number of aliphatic hydroxyl groups is 1. The molecular formula is C6H12O2. The number of hydrogen-bond acceptors (Lipinski definition) is 2. The van der Waals surface area contributed by atoms with Crippen LogP contribution in [-0.2, 0) is 4.74 Å². The average molecular weight is 116 g/mol. The first-order chi connectivity index (χ1) is 3.77. The first-order valence-electron chi connectivity index (χ1n) is 2.63. The Morgan fingerprint density at radius 3 is 2.75 bits per heavy atom. The normalized spacial score (nSPS) is 9.12. The van der Waals surface area contributed by atoms with Gasteiger partial charge in [0.1, 0.15) is 0 Å². The van der Waals surface area contributed by atoms with Crippen LogP contribution in [0.3, 0.4) is 0 Å². The van der Waals surface area contributed by atoms with Crippen LogP contribution in [0, 0.1) is 0 Å². The van der Waals surface area contributed by atoms with E-state index in [1.54, 1.807) is 7.11 Å². The van der Waals surface area contributed by atoms with Gasteiger partial charge >= 0.3 is 0 Å². The van der Waals surface area contributed by atoms with Gasteiger partial charge in [-0.3, -0.25) is 0 Å². The summed E-state index contributed by atoms with van der Waals surface area (Å²) in [5.74, 6) is 0.238. The minimum absolute atomic E-state index is 0.238. The molecule has 0 atom stereocenters. The van der Waals surface area contributed by atoms with Crippen LogP contribution in [0.5, 0.6) is 0 Å². The minimum Gasteiger partial charge on any atom is -0.513 e. The first-order valence-corrected chi connectivity index (χ1v) is 2.63. The Hall–Kier alpha value is -0.500. The van der Waals surface area contributed by atoms with Gasteiger partial charge in [-0.15, -0.1) is 0 Å². The monoisotopic (exact) mass is 116 g/mol. The molecule has 0 aliphatic carbocycles. The molecule has 0 bridgehead atoms. The van der Waals surface area contributed by atoms with Gasteiger partial charge < -0.3 is 9.84 Å². The highest BCUT2D eigenvalue weighted by molar-refractivity contribution is 4.77. The largest absolute Gasteiger partial charge is 0.513 e. The standard InChI is InChI=1S/C6H12O2/c1-6(7)4-3-5-8-2/h7H,1,3-5H2,2H3. The van der Waals surface area contributed by atoms with Crippen molar-refractivity contribution in [3.63, 3.8) is 0 Å². The molecule has 0 aromatic carbocycles. The van der Waals surface area contributed by atoms with Crippen LogP contribution in [0.2, 0.25) is 0 Å². The zero-order valence-electron chi connectivity index (χ0n) is 5.18. The van der Waals surface area contributed by atoms with Crippen molar-refractivity contribution >= 4 is 0 Å². The molecule has 0 saturated carbocycles. The van der Waals surface area contributed by atoms with Crippen molar-refractivity contribution < 1.29 is 9.84 Å². The summed E-state index contributed by atoms with van der Waals surface area (Å²) >= 11 is 0. The fraction of sp³-hybridized carbons (Fsp3) is 0.667. The minimum atomic E-state index is 0.238. The zero-order valence-corrected chi connectivity index (χ0v) is 5.18. The van der Waals surface area contributed by atoms with Crippen LogP contribution in [0.1, 0.15) is 12.8 Å². The number of rotatable bonds is 4. The maximum Gasteiger partial charge on any atom is 0.0851 e. The molecule has 0 heterocycles. The maximum absolute atomic E-state index is 8.53. The van der Waals surface area contributed by atoms with E-state index in [0.717, 1.165) is 6.42 Å². The summed E-state index contributed by atoms with van der Waals surface area (Å²) < 4.78 is 4.74. The third-order valence-electron chi connectivity index (χ3n) is 0.814. The molecule has 8 heavy (non-hydrogen) atoms. The number of aliphatic hydroxyl groups excluding tert-OH is 1. The van der Waals surface area contributed by atoms with Gasteiger partial charge in [0.25, 0.3) is 0 Å².